The molecule has 2 unspecified atom stereocenters. The highest BCUT2D eigenvalue weighted by molar-refractivity contribution is 5.28. The van der Waals surface area contributed by atoms with Crippen molar-refractivity contribution >= 4 is 0 Å². The highest BCUT2D eigenvalue weighted by Crippen LogP contribution is 2.29. The molecule has 19 heavy (non-hydrogen) atoms. The van der Waals surface area contributed by atoms with E-state index in [-0.39, 0.29) is 5.75 Å². The predicted octanol–water partition coefficient (Wildman–Crippen LogP) is 3.52. The van der Waals surface area contributed by atoms with Crippen molar-refractivity contribution in [1.29, 1.82) is 0 Å². The average molecular weight is 273 g/mol. The lowest BCUT2D eigenvalue weighted by Gasteiger charge is -2.19. The molecule has 5 heteroatoms. The van der Waals surface area contributed by atoms with Crippen LogP contribution in [0.1, 0.15) is 24.8 Å². The van der Waals surface area contributed by atoms with E-state index in [1.54, 1.807) is 12.1 Å². The summed E-state index contributed by atoms with van der Waals surface area (Å²) in [6.45, 7) is 0. The van der Waals surface area contributed by atoms with E-state index >= 15 is 0 Å². The van der Waals surface area contributed by atoms with Crippen LogP contribution in [-0.2, 0) is 6.42 Å². The van der Waals surface area contributed by atoms with E-state index in [4.69, 9.17) is 0 Å². The van der Waals surface area contributed by atoms with Crippen LogP contribution in [0.15, 0.2) is 24.3 Å². The van der Waals surface area contributed by atoms with Crippen molar-refractivity contribution in [2.24, 2.45) is 5.92 Å². The van der Waals surface area contributed by atoms with E-state index in [1.807, 2.05) is 7.05 Å². The molecule has 0 spiro atoms. The minimum atomic E-state index is -4.62. The monoisotopic (exact) mass is 273 g/mol. The fourth-order valence-corrected chi connectivity index (χ4v) is 2.79. The topological polar surface area (TPSA) is 21.3 Å². The quantitative estimate of drug-likeness (QED) is 0.906. The molecule has 1 fully saturated rings. The maximum absolute atomic E-state index is 12.0. The largest absolute Gasteiger partial charge is 0.573 e. The number of nitrogens with one attached hydrogen (secondary N) is 1. The third-order valence-electron chi connectivity index (χ3n) is 3.68. The summed E-state index contributed by atoms with van der Waals surface area (Å²) >= 11 is 0. The van der Waals surface area contributed by atoms with Crippen molar-refractivity contribution in [1.82, 2.24) is 5.32 Å². The minimum Gasteiger partial charge on any atom is -0.406 e. The maximum atomic E-state index is 12.0. The van der Waals surface area contributed by atoms with E-state index in [0.29, 0.717) is 12.0 Å². The Labute approximate surface area is 111 Å². The molecule has 0 bridgehead atoms. The van der Waals surface area contributed by atoms with Crippen molar-refractivity contribution in [3.63, 3.8) is 0 Å². The van der Waals surface area contributed by atoms with Crippen LogP contribution in [0.3, 0.4) is 0 Å². The molecule has 2 nitrogen and oxygen atoms in total. The highest BCUT2D eigenvalue weighted by atomic mass is 19.4. The van der Waals surface area contributed by atoms with Gasteiger partial charge in [-0.25, -0.2) is 0 Å². The minimum absolute atomic E-state index is 0.159. The summed E-state index contributed by atoms with van der Waals surface area (Å²) in [5, 5.41) is 3.30. The van der Waals surface area contributed by atoms with Crippen molar-refractivity contribution < 1.29 is 17.9 Å². The second-order valence-electron chi connectivity index (χ2n) is 4.98. The van der Waals surface area contributed by atoms with Gasteiger partial charge in [-0.2, -0.15) is 0 Å². The fraction of sp³-hybridized carbons (Fsp3) is 0.571. The van der Waals surface area contributed by atoms with E-state index in [9.17, 15) is 13.2 Å². The Morgan fingerprint density at radius 1 is 1.21 bits per heavy atom. The smallest absolute Gasteiger partial charge is 0.406 e. The van der Waals surface area contributed by atoms with Crippen LogP contribution in [0.2, 0.25) is 0 Å². The molecule has 0 aliphatic heterocycles. The first-order valence-corrected chi connectivity index (χ1v) is 6.50. The number of rotatable bonds is 4. The Hall–Kier alpha value is -1.23. The first-order valence-electron chi connectivity index (χ1n) is 6.50. The van der Waals surface area contributed by atoms with Gasteiger partial charge in [-0.05, 0) is 49.9 Å². The summed E-state index contributed by atoms with van der Waals surface area (Å²) in [5.41, 5.74) is 1.06. The van der Waals surface area contributed by atoms with Crippen LogP contribution in [0.25, 0.3) is 0 Å². The molecule has 1 saturated carbocycles. The Bertz CT molecular complexity index is 402. The SMILES string of the molecule is CNC1CCCC1Cc1ccc(OC(F)(F)F)cc1. The van der Waals surface area contributed by atoms with Crippen LogP contribution in [0, 0.1) is 5.92 Å². The number of alkyl halides is 3. The number of ether oxygens (including phenoxy) is 1. The lowest BCUT2D eigenvalue weighted by Crippen LogP contribution is -2.30. The number of hydrogen-bond donors (Lipinski definition) is 1. The Balaban J connectivity index is 1.95. The number of benzene rings is 1. The second kappa shape index (κ2) is 5.82. The van der Waals surface area contributed by atoms with E-state index in [2.05, 4.69) is 10.1 Å². The zero-order chi connectivity index (χ0) is 13.9. The van der Waals surface area contributed by atoms with Gasteiger partial charge in [0.25, 0.3) is 0 Å². The normalized spacial score (nSPS) is 23.6. The van der Waals surface area contributed by atoms with Gasteiger partial charge in [0, 0.05) is 6.04 Å². The molecule has 2 rings (SSSR count). The van der Waals surface area contributed by atoms with Gasteiger partial charge in [-0.3, -0.25) is 0 Å². The third-order valence-corrected chi connectivity index (χ3v) is 3.68. The Morgan fingerprint density at radius 2 is 1.89 bits per heavy atom. The standard InChI is InChI=1S/C14H18F3NO/c1-18-13-4-2-3-11(13)9-10-5-7-12(8-6-10)19-14(15,16)17/h5-8,11,13,18H,2-4,9H2,1H3. The third kappa shape index (κ3) is 4.13. The van der Waals surface area contributed by atoms with Gasteiger partial charge >= 0.3 is 6.36 Å². The van der Waals surface area contributed by atoms with Gasteiger partial charge in [-0.15, -0.1) is 13.2 Å². The van der Waals surface area contributed by atoms with Crippen molar-refractivity contribution in [3.8, 4) is 5.75 Å². The fourth-order valence-electron chi connectivity index (χ4n) is 2.79. The summed E-state index contributed by atoms with van der Waals surface area (Å²) < 4.78 is 40.0. The molecule has 0 radical (unpaired) electrons. The highest BCUT2D eigenvalue weighted by Gasteiger charge is 2.31. The second-order valence-corrected chi connectivity index (χ2v) is 4.98. The average Bonchev–Trinajstić information content (AvgIpc) is 2.77. The van der Waals surface area contributed by atoms with Crippen LogP contribution >= 0.6 is 0 Å². The Morgan fingerprint density at radius 3 is 2.47 bits per heavy atom. The lowest BCUT2D eigenvalue weighted by molar-refractivity contribution is -0.274. The molecule has 0 aromatic heterocycles. The zero-order valence-electron chi connectivity index (χ0n) is 10.8. The van der Waals surface area contributed by atoms with E-state index in [0.717, 1.165) is 12.0 Å². The molecular weight excluding hydrogens is 255 g/mol. The molecule has 2 atom stereocenters. The lowest BCUT2D eigenvalue weighted by atomic mass is 9.95. The predicted molar refractivity (Wildman–Crippen MR) is 67.0 cm³/mol. The molecule has 1 aromatic rings. The first-order chi connectivity index (χ1) is 8.98. The first kappa shape index (κ1) is 14.2. The van der Waals surface area contributed by atoms with Crippen molar-refractivity contribution in [2.45, 2.75) is 38.1 Å². The zero-order valence-corrected chi connectivity index (χ0v) is 10.8. The van der Waals surface area contributed by atoms with Crippen LogP contribution in [-0.4, -0.2) is 19.5 Å². The molecule has 0 amide bonds. The number of hydrogen-bond acceptors (Lipinski definition) is 2. The molecular formula is C14H18F3NO. The molecule has 1 aliphatic carbocycles. The van der Waals surface area contributed by atoms with Gasteiger partial charge in [0.2, 0.25) is 0 Å². The molecule has 0 heterocycles. The molecule has 1 aromatic carbocycles. The van der Waals surface area contributed by atoms with Gasteiger partial charge in [-0.1, -0.05) is 18.6 Å². The van der Waals surface area contributed by atoms with Crippen molar-refractivity contribution in [3.05, 3.63) is 29.8 Å². The van der Waals surface area contributed by atoms with Crippen LogP contribution in [0.5, 0.6) is 5.75 Å². The molecule has 0 saturated heterocycles. The van der Waals surface area contributed by atoms with Gasteiger partial charge in [0.1, 0.15) is 5.75 Å². The van der Waals surface area contributed by atoms with Crippen LogP contribution in [0.4, 0.5) is 13.2 Å². The molecule has 106 valence electrons. The maximum Gasteiger partial charge on any atom is 0.573 e. The summed E-state index contributed by atoms with van der Waals surface area (Å²) in [6, 6.07) is 6.71. The summed E-state index contributed by atoms with van der Waals surface area (Å²) in [6.07, 6.45) is -0.157. The Kier molecular flexibility index (Phi) is 4.34. The summed E-state index contributed by atoms with van der Waals surface area (Å²) in [7, 11) is 1.96. The van der Waals surface area contributed by atoms with E-state index in [1.165, 1.54) is 31.4 Å². The molecule has 1 aliphatic rings. The van der Waals surface area contributed by atoms with Crippen LogP contribution < -0.4 is 10.1 Å². The summed E-state index contributed by atoms with van der Waals surface area (Å²) in [4.78, 5) is 0. The number of halogens is 3. The molecule has 1 N–H and O–H groups in total. The van der Waals surface area contributed by atoms with Gasteiger partial charge in [0.15, 0.2) is 0 Å². The van der Waals surface area contributed by atoms with Crippen molar-refractivity contribution in [2.75, 3.05) is 7.05 Å². The summed E-state index contributed by atoms with van der Waals surface area (Å²) in [5.74, 6) is 0.409. The van der Waals surface area contributed by atoms with Gasteiger partial charge < -0.3 is 10.1 Å². The van der Waals surface area contributed by atoms with E-state index < -0.39 is 6.36 Å². The van der Waals surface area contributed by atoms with Gasteiger partial charge in [0.05, 0.1) is 0 Å².